The molecule has 0 bridgehead atoms. The van der Waals surface area contributed by atoms with Gasteiger partial charge in [0.2, 0.25) is 0 Å². The highest BCUT2D eigenvalue weighted by Crippen LogP contribution is 2.38. The summed E-state index contributed by atoms with van der Waals surface area (Å²) in [6.07, 6.45) is 1.43. The number of nitriles is 1. The first-order chi connectivity index (χ1) is 16.9. The van der Waals surface area contributed by atoms with E-state index in [-0.39, 0.29) is 22.8 Å². The normalized spacial score (nSPS) is 10.8. The van der Waals surface area contributed by atoms with Gasteiger partial charge >= 0.3 is 5.97 Å². The van der Waals surface area contributed by atoms with Crippen molar-refractivity contribution in [3.05, 3.63) is 99.6 Å². The predicted octanol–water partition coefficient (Wildman–Crippen LogP) is 5.24. The fraction of sp³-hybridized carbons (Fsp3) is 0.148. The Morgan fingerprint density at radius 1 is 1.06 bits per heavy atom. The number of aromatic carboxylic acids is 1. The van der Waals surface area contributed by atoms with Crippen molar-refractivity contribution in [2.75, 3.05) is 6.61 Å². The van der Waals surface area contributed by atoms with Crippen LogP contribution in [0.4, 0.5) is 0 Å². The molecule has 0 spiro atoms. The Morgan fingerprint density at radius 3 is 2.40 bits per heavy atom. The highest BCUT2D eigenvalue weighted by molar-refractivity contribution is 6.32. The van der Waals surface area contributed by atoms with Crippen LogP contribution in [0.2, 0.25) is 5.02 Å². The second-order valence-electron chi connectivity index (χ2n) is 7.39. The summed E-state index contributed by atoms with van der Waals surface area (Å²) >= 11 is 6.46. The quantitative estimate of drug-likeness (QED) is 0.297. The molecule has 0 aromatic heterocycles. The average molecular weight is 491 g/mol. The van der Waals surface area contributed by atoms with Gasteiger partial charge in [0.25, 0.3) is 5.91 Å². The second kappa shape index (κ2) is 12.3. The number of ether oxygens (including phenoxy) is 2. The molecule has 0 saturated carbocycles. The van der Waals surface area contributed by atoms with Gasteiger partial charge in [-0.1, -0.05) is 54.1 Å². The summed E-state index contributed by atoms with van der Waals surface area (Å²) in [5, 5.41) is 21.5. The third kappa shape index (κ3) is 7.10. The maximum Gasteiger partial charge on any atom is 0.335 e. The van der Waals surface area contributed by atoms with E-state index < -0.39 is 11.9 Å². The average Bonchev–Trinajstić information content (AvgIpc) is 2.86. The Labute approximate surface area is 208 Å². The van der Waals surface area contributed by atoms with Crippen molar-refractivity contribution in [2.24, 2.45) is 0 Å². The molecule has 35 heavy (non-hydrogen) atoms. The zero-order valence-corrected chi connectivity index (χ0v) is 19.7. The third-order valence-corrected chi connectivity index (χ3v) is 5.17. The molecule has 0 aliphatic rings. The first kappa shape index (κ1) is 25.3. The van der Waals surface area contributed by atoms with E-state index in [1.165, 1.54) is 18.2 Å². The van der Waals surface area contributed by atoms with Crippen LogP contribution >= 0.6 is 11.6 Å². The molecule has 0 heterocycles. The maximum absolute atomic E-state index is 12.5. The molecule has 3 aromatic rings. The second-order valence-corrected chi connectivity index (χ2v) is 7.80. The minimum Gasteiger partial charge on any atom is -0.490 e. The minimum absolute atomic E-state index is 0.0772. The van der Waals surface area contributed by atoms with Crippen molar-refractivity contribution in [1.82, 2.24) is 5.32 Å². The van der Waals surface area contributed by atoms with Crippen LogP contribution in [0.15, 0.2) is 72.3 Å². The van der Waals surface area contributed by atoms with E-state index in [2.05, 4.69) is 5.32 Å². The molecular weight excluding hydrogens is 468 g/mol. The first-order valence-electron chi connectivity index (χ1n) is 10.8. The Hall–Kier alpha value is -4.28. The van der Waals surface area contributed by atoms with Crippen molar-refractivity contribution < 1.29 is 24.2 Å². The van der Waals surface area contributed by atoms with Crippen LogP contribution in [-0.2, 0) is 17.9 Å². The van der Waals surface area contributed by atoms with Gasteiger partial charge in [0.05, 0.1) is 17.2 Å². The molecule has 0 aliphatic carbocycles. The molecule has 0 unspecified atom stereocenters. The Kier molecular flexibility index (Phi) is 8.88. The number of rotatable bonds is 10. The lowest BCUT2D eigenvalue weighted by Crippen LogP contribution is -2.23. The number of carboxylic acids is 1. The zero-order valence-electron chi connectivity index (χ0n) is 19.0. The number of carbonyl (C=O) groups is 2. The van der Waals surface area contributed by atoms with Gasteiger partial charge in [-0.2, -0.15) is 5.26 Å². The fourth-order valence-electron chi connectivity index (χ4n) is 3.16. The lowest BCUT2D eigenvalue weighted by molar-refractivity contribution is -0.117. The molecule has 3 aromatic carbocycles. The molecular formula is C27H23ClN2O5. The molecule has 0 atom stereocenters. The van der Waals surface area contributed by atoms with E-state index >= 15 is 0 Å². The van der Waals surface area contributed by atoms with E-state index in [0.29, 0.717) is 30.2 Å². The summed E-state index contributed by atoms with van der Waals surface area (Å²) in [6.45, 7) is 2.59. The van der Waals surface area contributed by atoms with Gasteiger partial charge < -0.3 is 19.9 Å². The topological polar surface area (TPSA) is 109 Å². The molecule has 3 rings (SSSR count). The number of carbonyl (C=O) groups excluding carboxylic acids is 1. The standard InChI is InChI=1S/C27H23ClN2O5/c1-2-34-24-14-20(12-22(15-29)26(31)30-16-18-6-4-3-5-7-18)13-23(28)25(24)35-17-19-8-10-21(11-9-19)27(32)33/h3-14H,2,16-17H2,1H3,(H,30,31)(H,32,33). The van der Waals surface area contributed by atoms with Gasteiger partial charge in [0.15, 0.2) is 11.5 Å². The van der Waals surface area contributed by atoms with Crippen LogP contribution in [0.5, 0.6) is 11.5 Å². The highest BCUT2D eigenvalue weighted by atomic mass is 35.5. The predicted molar refractivity (Wildman–Crippen MR) is 132 cm³/mol. The molecule has 0 saturated heterocycles. The largest absolute Gasteiger partial charge is 0.490 e. The molecule has 0 fully saturated rings. The van der Waals surface area contributed by atoms with Gasteiger partial charge in [0.1, 0.15) is 18.2 Å². The van der Waals surface area contributed by atoms with Gasteiger partial charge in [0, 0.05) is 6.54 Å². The van der Waals surface area contributed by atoms with Crippen molar-refractivity contribution >= 4 is 29.6 Å². The summed E-state index contributed by atoms with van der Waals surface area (Å²) in [4.78, 5) is 23.5. The summed E-state index contributed by atoms with van der Waals surface area (Å²) in [5.41, 5.74) is 2.27. The van der Waals surface area contributed by atoms with Crippen LogP contribution in [0, 0.1) is 11.3 Å². The van der Waals surface area contributed by atoms with Crippen LogP contribution in [0.1, 0.15) is 34.0 Å². The number of halogens is 1. The van der Waals surface area contributed by atoms with Crippen molar-refractivity contribution in [1.29, 1.82) is 5.26 Å². The monoisotopic (exact) mass is 490 g/mol. The van der Waals surface area contributed by atoms with Gasteiger partial charge in [-0.3, -0.25) is 4.79 Å². The summed E-state index contributed by atoms with van der Waals surface area (Å²) in [6, 6.07) is 20.8. The van der Waals surface area contributed by atoms with Crippen LogP contribution in [0.25, 0.3) is 6.08 Å². The smallest absolute Gasteiger partial charge is 0.335 e. The minimum atomic E-state index is -1.01. The number of nitrogens with one attached hydrogen (secondary N) is 1. The molecule has 2 N–H and O–H groups in total. The number of hydrogen-bond acceptors (Lipinski definition) is 5. The number of hydrogen-bond donors (Lipinski definition) is 2. The molecule has 7 nitrogen and oxygen atoms in total. The van der Waals surface area contributed by atoms with Gasteiger partial charge in [-0.25, -0.2) is 4.79 Å². The lowest BCUT2D eigenvalue weighted by atomic mass is 10.1. The summed E-state index contributed by atoms with van der Waals surface area (Å²) in [7, 11) is 0. The Morgan fingerprint density at radius 2 is 1.77 bits per heavy atom. The third-order valence-electron chi connectivity index (χ3n) is 4.89. The van der Waals surface area contributed by atoms with Crippen LogP contribution in [0.3, 0.4) is 0 Å². The van der Waals surface area contributed by atoms with E-state index in [4.69, 9.17) is 26.2 Å². The SMILES string of the molecule is CCOc1cc(C=C(C#N)C(=O)NCc2ccccc2)cc(Cl)c1OCc1ccc(C(=O)O)cc1. The highest BCUT2D eigenvalue weighted by Gasteiger charge is 2.15. The lowest BCUT2D eigenvalue weighted by Gasteiger charge is -2.15. The molecule has 0 aliphatic heterocycles. The molecule has 0 radical (unpaired) electrons. The van der Waals surface area contributed by atoms with Gasteiger partial charge in [-0.05, 0) is 54.0 Å². The Bertz CT molecular complexity index is 1270. The summed E-state index contributed by atoms with van der Waals surface area (Å²) in [5.74, 6) is -0.848. The number of carboxylic acid groups (broad SMARTS) is 1. The number of benzene rings is 3. The number of nitrogens with zero attached hydrogens (tertiary/aromatic N) is 1. The maximum atomic E-state index is 12.5. The number of amides is 1. The van der Waals surface area contributed by atoms with Crippen molar-refractivity contribution in [2.45, 2.75) is 20.1 Å². The van der Waals surface area contributed by atoms with Crippen molar-refractivity contribution in [3.8, 4) is 17.6 Å². The molecule has 8 heteroatoms. The van der Waals surface area contributed by atoms with Gasteiger partial charge in [-0.15, -0.1) is 0 Å². The molecule has 178 valence electrons. The van der Waals surface area contributed by atoms with Crippen molar-refractivity contribution in [3.63, 3.8) is 0 Å². The van der Waals surface area contributed by atoms with E-state index in [0.717, 1.165) is 11.1 Å². The zero-order chi connectivity index (χ0) is 25.2. The fourth-order valence-corrected chi connectivity index (χ4v) is 3.44. The molecule has 1 amide bonds. The van der Waals surface area contributed by atoms with Crippen LogP contribution < -0.4 is 14.8 Å². The summed E-state index contributed by atoms with van der Waals surface area (Å²) < 4.78 is 11.5. The van der Waals surface area contributed by atoms with E-state index in [1.807, 2.05) is 43.3 Å². The Balaban J connectivity index is 1.77. The van der Waals surface area contributed by atoms with E-state index in [9.17, 15) is 14.9 Å². The van der Waals surface area contributed by atoms with Crippen LogP contribution in [-0.4, -0.2) is 23.6 Å². The first-order valence-corrected chi connectivity index (χ1v) is 11.1. The van der Waals surface area contributed by atoms with E-state index in [1.54, 1.807) is 24.3 Å².